The average Bonchev–Trinajstić information content (AvgIpc) is 2.41. The van der Waals surface area contributed by atoms with E-state index in [2.05, 4.69) is 5.32 Å². The Bertz CT molecular complexity index is 374. The van der Waals surface area contributed by atoms with E-state index in [1.807, 2.05) is 13.8 Å². The minimum Gasteiger partial charge on any atom is -0.508 e. The minimum absolute atomic E-state index is 0.0653. The number of carbonyl (C=O) groups is 1. The van der Waals surface area contributed by atoms with Crippen molar-refractivity contribution in [3.63, 3.8) is 0 Å². The molecular formula is C14H21NO3. The quantitative estimate of drug-likeness (QED) is 0.723. The molecule has 0 fully saturated rings. The molecule has 0 aliphatic carbocycles. The third-order valence-electron chi connectivity index (χ3n) is 3.59. The van der Waals surface area contributed by atoms with Crippen LogP contribution in [-0.2, 0) is 0 Å². The lowest BCUT2D eigenvalue weighted by atomic mass is 9.83. The average molecular weight is 251 g/mol. The number of amides is 1. The van der Waals surface area contributed by atoms with Crippen molar-refractivity contribution in [2.24, 2.45) is 5.41 Å². The lowest BCUT2D eigenvalue weighted by Crippen LogP contribution is -2.39. The zero-order valence-electron chi connectivity index (χ0n) is 10.9. The van der Waals surface area contributed by atoms with Crippen LogP contribution in [0.2, 0.25) is 0 Å². The van der Waals surface area contributed by atoms with E-state index < -0.39 is 0 Å². The molecule has 4 heteroatoms. The summed E-state index contributed by atoms with van der Waals surface area (Å²) in [6.07, 6.45) is 1.63. The van der Waals surface area contributed by atoms with Crippen LogP contribution in [0.3, 0.4) is 0 Å². The van der Waals surface area contributed by atoms with Crippen LogP contribution >= 0.6 is 0 Å². The maximum Gasteiger partial charge on any atom is 0.251 e. The molecule has 0 aliphatic heterocycles. The normalized spacial score (nSPS) is 11.3. The van der Waals surface area contributed by atoms with E-state index in [0.717, 1.165) is 12.8 Å². The van der Waals surface area contributed by atoms with Crippen LogP contribution in [0, 0.1) is 5.41 Å². The molecule has 0 atom stereocenters. The van der Waals surface area contributed by atoms with Gasteiger partial charge in [-0.3, -0.25) is 4.79 Å². The van der Waals surface area contributed by atoms with Gasteiger partial charge in [-0.25, -0.2) is 0 Å². The van der Waals surface area contributed by atoms with Gasteiger partial charge in [-0.2, -0.15) is 0 Å². The smallest absolute Gasteiger partial charge is 0.251 e. The molecule has 0 aromatic heterocycles. The topological polar surface area (TPSA) is 69.6 Å². The maximum atomic E-state index is 11.9. The molecular weight excluding hydrogens is 230 g/mol. The van der Waals surface area contributed by atoms with Crippen LogP contribution in [-0.4, -0.2) is 29.3 Å². The Balaban J connectivity index is 2.63. The van der Waals surface area contributed by atoms with Gasteiger partial charge in [0.15, 0.2) is 0 Å². The second-order valence-electron chi connectivity index (χ2n) is 4.59. The van der Waals surface area contributed by atoms with Crippen molar-refractivity contribution >= 4 is 5.91 Å². The van der Waals surface area contributed by atoms with Gasteiger partial charge in [-0.05, 0) is 37.1 Å². The molecule has 0 radical (unpaired) electrons. The summed E-state index contributed by atoms with van der Waals surface area (Å²) in [7, 11) is 0. The molecule has 100 valence electrons. The number of benzene rings is 1. The number of phenols is 1. The molecule has 1 aromatic carbocycles. The molecule has 0 aliphatic rings. The first-order chi connectivity index (χ1) is 8.56. The number of aliphatic hydroxyl groups excluding tert-OH is 1. The van der Waals surface area contributed by atoms with E-state index in [9.17, 15) is 9.90 Å². The van der Waals surface area contributed by atoms with Gasteiger partial charge in [-0.15, -0.1) is 0 Å². The van der Waals surface area contributed by atoms with Gasteiger partial charge < -0.3 is 15.5 Å². The molecule has 0 bridgehead atoms. The van der Waals surface area contributed by atoms with E-state index in [1.54, 1.807) is 12.1 Å². The number of hydrogen-bond donors (Lipinski definition) is 3. The van der Waals surface area contributed by atoms with Gasteiger partial charge in [0.1, 0.15) is 5.75 Å². The number of hydrogen-bond acceptors (Lipinski definition) is 3. The fourth-order valence-corrected chi connectivity index (χ4v) is 1.76. The van der Waals surface area contributed by atoms with E-state index in [1.165, 1.54) is 12.1 Å². The lowest BCUT2D eigenvalue weighted by Gasteiger charge is -2.29. The number of nitrogens with one attached hydrogen (secondary N) is 1. The Hall–Kier alpha value is -1.55. The Labute approximate surface area is 108 Å². The van der Waals surface area contributed by atoms with Crippen LogP contribution in [0.15, 0.2) is 24.3 Å². The van der Waals surface area contributed by atoms with Gasteiger partial charge in [0, 0.05) is 17.5 Å². The van der Waals surface area contributed by atoms with Crippen molar-refractivity contribution in [2.45, 2.75) is 26.7 Å². The first-order valence-electron chi connectivity index (χ1n) is 6.25. The summed E-state index contributed by atoms with van der Waals surface area (Å²) in [5.41, 5.74) is 0.263. The summed E-state index contributed by atoms with van der Waals surface area (Å²) >= 11 is 0. The van der Waals surface area contributed by atoms with Gasteiger partial charge in [0.05, 0.1) is 6.61 Å². The molecule has 0 saturated heterocycles. The number of aliphatic hydroxyl groups is 1. The summed E-state index contributed by atoms with van der Waals surface area (Å²) in [6, 6.07) is 6.11. The zero-order chi connectivity index (χ0) is 13.6. The third kappa shape index (κ3) is 3.47. The van der Waals surface area contributed by atoms with E-state index in [0.29, 0.717) is 12.1 Å². The summed E-state index contributed by atoms with van der Waals surface area (Å²) in [5, 5.41) is 21.4. The predicted octanol–water partition coefficient (Wildman–Crippen LogP) is 1.92. The van der Waals surface area contributed by atoms with E-state index >= 15 is 0 Å². The van der Waals surface area contributed by atoms with E-state index in [4.69, 9.17) is 5.11 Å². The molecule has 0 spiro atoms. The highest BCUT2D eigenvalue weighted by Crippen LogP contribution is 2.24. The Morgan fingerprint density at radius 1 is 1.22 bits per heavy atom. The van der Waals surface area contributed by atoms with Crippen LogP contribution in [0.4, 0.5) is 0 Å². The lowest BCUT2D eigenvalue weighted by molar-refractivity contribution is 0.0851. The minimum atomic E-state index is -0.243. The van der Waals surface area contributed by atoms with Gasteiger partial charge in [0.2, 0.25) is 0 Å². The second-order valence-corrected chi connectivity index (χ2v) is 4.59. The molecule has 0 saturated carbocycles. The molecule has 1 aromatic rings. The van der Waals surface area contributed by atoms with Crippen LogP contribution in [0.1, 0.15) is 37.0 Å². The van der Waals surface area contributed by atoms with Crippen molar-refractivity contribution in [3.05, 3.63) is 29.8 Å². The summed E-state index contributed by atoms with van der Waals surface area (Å²) in [4.78, 5) is 11.9. The summed E-state index contributed by atoms with van der Waals surface area (Å²) in [6.45, 7) is 4.53. The van der Waals surface area contributed by atoms with Crippen LogP contribution < -0.4 is 5.32 Å². The molecule has 1 amide bonds. The standard InChI is InChI=1S/C14H21NO3/c1-3-14(4-2,10-16)9-15-13(18)11-5-7-12(17)8-6-11/h5-8,16-17H,3-4,9-10H2,1-2H3,(H,15,18). The Morgan fingerprint density at radius 3 is 2.22 bits per heavy atom. The SMILES string of the molecule is CCC(CC)(CO)CNC(=O)c1ccc(O)cc1. The van der Waals surface area contributed by atoms with Gasteiger partial charge in [-0.1, -0.05) is 13.8 Å². The number of rotatable bonds is 6. The first kappa shape index (κ1) is 14.5. The monoisotopic (exact) mass is 251 g/mol. The van der Waals surface area contributed by atoms with Crippen molar-refractivity contribution in [3.8, 4) is 5.75 Å². The summed E-state index contributed by atoms with van der Waals surface area (Å²) < 4.78 is 0. The van der Waals surface area contributed by atoms with E-state index in [-0.39, 0.29) is 23.7 Å². The van der Waals surface area contributed by atoms with Crippen LogP contribution in [0.5, 0.6) is 5.75 Å². The van der Waals surface area contributed by atoms with Crippen molar-refractivity contribution < 1.29 is 15.0 Å². The summed E-state index contributed by atoms with van der Waals surface area (Å²) in [5.74, 6) is -0.0481. The molecule has 0 unspecified atom stereocenters. The van der Waals surface area contributed by atoms with Crippen molar-refractivity contribution in [1.82, 2.24) is 5.32 Å². The molecule has 1 rings (SSSR count). The zero-order valence-corrected chi connectivity index (χ0v) is 10.9. The largest absolute Gasteiger partial charge is 0.508 e. The molecule has 3 N–H and O–H groups in total. The Kier molecular flexibility index (Phi) is 5.16. The number of phenolic OH excluding ortho intramolecular Hbond substituents is 1. The third-order valence-corrected chi connectivity index (χ3v) is 3.59. The highest BCUT2D eigenvalue weighted by Gasteiger charge is 2.25. The number of carbonyl (C=O) groups excluding carboxylic acids is 1. The fourth-order valence-electron chi connectivity index (χ4n) is 1.76. The molecule has 0 heterocycles. The predicted molar refractivity (Wildman–Crippen MR) is 70.5 cm³/mol. The second kappa shape index (κ2) is 6.40. The molecule has 18 heavy (non-hydrogen) atoms. The number of aromatic hydroxyl groups is 1. The van der Waals surface area contributed by atoms with Crippen molar-refractivity contribution in [1.29, 1.82) is 0 Å². The fraction of sp³-hybridized carbons (Fsp3) is 0.500. The highest BCUT2D eigenvalue weighted by molar-refractivity contribution is 5.94. The van der Waals surface area contributed by atoms with Gasteiger partial charge >= 0.3 is 0 Å². The highest BCUT2D eigenvalue weighted by atomic mass is 16.3. The van der Waals surface area contributed by atoms with Crippen LogP contribution in [0.25, 0.3) is 0 Å². The maximum absolute atomic E-state index is 11.9. The van der Waals surface area contributed by atoms with Crippen molar-refractivity contribution in [2.75, 3.05) is 13.2 Å². The van der Waals surface area contributed by atoms with Gasteiger partial charge in [0.25, 0.3) is 5.91 Å². The first-order valence-corrected chi connectivity index (χ1v) is 6.25. The molecule has 4 nitrogen and oxygen atoms in total. The Morgan fingerprint density at radius 2 is 1.78 bits per heavy atom.